The number of carbonyl (C=O) groups excluding carboxylic acids is 1. The lowest BCUT2D eigenvalue weighted by molar-refractivity contribution is -0.691. The fourth-order valence-electron chi connectivity index (χ4n) is 3.08. The number of benzene rings is 2. The topological polar surface area (TPSA) is 93.9 Å². The molecule has 2 aromatic rings. The van der Waals surface area contributed by atoms with E-state index in [9.17, 15) is 19.9 Å². The second-order valence-corrected chi connectivity index (χ2v) is 6.45. The number of quaternary nitrogens is 1. The maximum Gasteiger partial charge on any atom is 0.334 e. The van der Waals surface area contributed by atoms with Gasteiger partial charge in [0.1, 0.15) is 17.8 Å². The summed E-state index contributed by atoms with van der Waals surface area (Å²) in [5.41, 5.74) is 1.13. The van der Waals surface area contributed by atoms with Crippen LogP contribution in [0.3, 0.4) is 0 Å². The quantitative estimate of drug-likeness (QED) is 0.696. The van der Waals surface area contributed by atoms with Crippen LogP contribution in [0.5, 0.6) is 0 Å². The molecule has 2 unspecified atom stereocenters. The second-order valence-electron chi connectivity index (χ2n) is 6.02. The van der Waals surface area contributed by atoms with Crippen LogP contribution in [-0.2, 0) is 16.0 Å². The van der Waals surface area contributed by atoms with Gasteiger partial charge in [-0.25, -0.2) is 4.79 Å². The average molecular weight is 361 g/mol. The molecule has 0 radical (unpaired) electrons. The summed E-state index contributed by atoms with van der Waals surface area (Å²) in [5.74, 6) is -2.16. The smallest absolute Gasteiger partial charge is 0.334 e. The molecule has 2 aromatic carbocycles. The molecule has 0 saturated carbocycles. The Morgan fingerprint density at radius 1 is 1.12 bits per heavy atom. The van der Waals surface area contributed by atoms with Crippen molar-refractivity contribution >= 4 is 29.2 Å². The molecular formula is C18H17ClN2O4. The number of para-hydroxylation sites is 1. The number of nitrogens with one attached hydrogen (secondary N) is 2. The summed E-state index contributed by atoms with van der Waals surface area (Å²) in [6, 6.07) is 13.6. The molecule has 1 fully saturated rings. The van der Waals surface area contributed by atoms with E-state index in [0.717, 1.165) is 5.56 Å². The summed E-state index contributed by atoms with van der Waals surface area (Å²) in [7, 11) is 0. The van der Waals surface area contributed by atoms with E-state index in [1.54, 1.807) is 48.5 Å². The Hall–Kier alpha value is -2.25. The Labute approximate surface area is 149 Å². The Bertz CT molecular complexity index is 784. The summed E-state index contributed by atoms with van der Waals surface area (Å²) in [5, 5.41) is 24.3. The number of hydrogen-bond donors (Lipinski definition) is 3. The zero-order valence-corrected chi connectivity index (χ0v) is 13.9. The molecule has 7 heteroatoms. The number of hydrogen-bond acceptors (Lipinski definition) is 4. The van der Waals surface area contributed by atoms with Crippen LogP contribution in [0.2, 0.25) is 5.02 Å². The van der Waals surface area contributed by atoms with E-state index < -0.39 is 34.9 Å². The number of hydroxylamine groups is 1. The Balaban J connectivity index is 1.78. The van der Waals surface area contributed by atoms with Gasteiger partial charge in [-0.3, -0.25) is 15.2 Å². The molecule has 4 atom stereocenters. The fraction of sp³-hybridized carbons (Fsp3) is 0.222. The lowest BCUT2D eigenvalue weighted by Gasteiger charge is -2.43. The molecule has 130 valence electrons. The van der Waals surface area contributed by atoms with E-state index in [-0.39, 0.29) is 0 Å². The normalized spacial score (nSPS) is 23.5. The second kappa shape index (κ2) is 7.33. The molecule has 25 heavy (non-hydrogen) atoms. The van der Waals surface area contributed by atoms with Gasteiger partial charge >= 0.3 is 11.9 Å². The third-order valence-corrected chi connectivity index (χ3v) is 4.62. The average Bonchev–Trinajstić information content (AvgIpc) is 2.58. The Kier molecular flexibility index (Phi) is 5.15. The predicted octanol–water partition coefficient (Wildman–Crippen LogP) is 1.16. The van der Waals surface area contributed by atoms with Crippen LogP contribution < -0.4 is 10.4 Å². The third-order valence-electron chi connectivity index (χ3n) is 4.38. The lowest BCUT2D eigenvalue weighted by atomic mass is 9.77. The molecule has 1 aliphatic rings. The number of amides is 1. The number of rotatable bonds is 5. The van der Waals surface area contributed by atoms with Gasteiger partial charge in [0, 0.05) is 10.9 Å². The number of halogens is 1. The Morgan fingerprint density at radius 2 is 1.84 bits per heavy atom. The minimum Gasteiger partial charge on any atom is -0.621 e. The first-order valence-corrected chi connectivity index (χ1v) is 8.22. The molecule has 1 saturated heterocycles. The molecule has 0 spiro atoms. The van der Waals surface area contributed by atoms with Crippen LogP contribution in [0.1, 0.15) is 5.56 Å². The van der Waals surface area contributed by atoms with Crippen molar-refractivity contribution < 1.29 is 19.8 Å². The highest BCUT2D eigenvalue weighted by atomic mass is 35.5. The first-order valence-electron chi connectivity index (χ1n) is 7.84. The van der Waals surface area contributed by atoms with Gasteiger partial charge in [0.2, 0.25) is 0 Å². The number of aliphatic carboxylic acids is 1. The number of carboxylic acid groups (broad SMARTS) is 1. The van der Waals surface area contributed by atoms with Gasteiger partial charge in [-0.15, -0.1) is 0 Å². The highest BCUT2D eigenvalue weighted by Crippen LogP contribution is 2.27. The standard InChI is InChI=1S/C18H17ClN2O4/c19-12-6-4-5-11(9-12)10-14-15(20-16(14)18(23)24)17(22)21(25)13-7-2-1-3-8-13/h1-9,14-16,20-21H,10H2,(H,23,24)/t14-,15?,16+/m1/s1. The van der Waals surface area contributed by atoms with Crippen molar-refractivity contribution in [1.82, 2.24) is 5.32 Å². The summed E-state index contributed by atoms with van der Waals surface area (Å²) in [4.78, 5) is 23.9. The summed E-state index contributed by atoms with van der Waals surface area (Å²) in [6.07, 6.45) is 0.350. The summed E-state index contributed by atoms with van der Waals surface area (Å²) in [6.45, 7) is 0. The molecule has 1 aliphatic heterocycles. The van der Waals surface area contributed by atoms with E-state index in [0.29, 0.717) is 17.1 Å². The molecule has 1 heterocycles. The van der Waals surface area contributed by atoms with Gasteiger partial charge in [-0.1, -0.05) is 41.9 Å². The van der Waals surface area contributed by atoms with Crippen molar-refractivity contribution in [3.8, 4) is 0 Å². The largest absolute Gasteiger partial charge is 0.621 e. The maximum atomic E-state index is 12.5. The SMILES string of the molecule is O=C(O)[C@H]1NC(C(=O)[NH+]([O-])c2ccccc2)[C@H]1Cc1cccc(Cl)c1. The maximum absolute atomic E-state index is 12.5. The number of carbonyl (C=O) groups is 2. The van der Waals surface area contributed by atoms with Gasteiger partial charge < -0.3 is 10.3 Å². The van der Waals surface area contributed by atoms with Crippen molar-refractivity contribution in [2.45, 2.75) is 18.5 Å². The van der Waals surface area contributed by atoms with Gasteiger partial charge in [-0.2, -0.15) is 0 Å². The van der Waals surface area contributed by atoms with Crippen molar-refractivity contribution in [3.05, 3.63) is 70.4 Å². The van der Waals surface area contributed by atoms with Crippen molar-refractivity contribution in [3.63, 3.8) is 0 Å². The lowest BCUT2D eigenvalue weighted by Crippen LogP contribution is -3.08. The monoisotopic (exact) mass is 360 g/mol. The first-order chi connectivity index (χ1) is 12.0. The van der Waals surface area contributed by atoms with E-state index in [1.807, 2.05) is 6.07 Å². The van der Waals surface area contributed by atoms with Crippen LogP contribution in [0.4, 0.5) is 5.69 Å². The molecule has 3 rings (SSSR count). The van der Waals surface area contributed by atoms with E-state index in [1.165, 1.54) is 0 Å². The van der Waals surface area contributed by atoms with Gasteiger partial charge in [-0.05, 0) is 36.2 Å². The zero-order chi connectivity index (χ0) is 18.0. The molecule has 0 bridgehead atoms. The molecule has 1 amide bonds. The van der Waals surface area contributed by atoms with Gasteiger partial charge in [0.05, 0.1) is 0 Å². The molecule has 0 aromatic heterocycles. The molecule has 6 nitrogen and oxygen atoms in total. The first kappa shape index (κ1) is 17.6. The van der Waals surface area contributed by atoms with Crippen LogP contribution in [0, 0.1) is 11.1 Å². The van der Waals surface area contributed by atoms with Gasteiger partial charge in [0.25, 0.3) is 0 Å². The van der Waals surface area contributed by atoms with Crippen molar-refractivity contribution in [2.24, 2.45) is 5.92 Å². The van der Waals surface area contributed by atoms with Crippen LogP contribution in [-0.4, -0.2) is 29.1 Å². The van der Waals surface area contributed by atoms with E-state index in [4.69, 9.17) is 11.6 Å². The summed E-state index contributed by atoms with van der Waals surface area (Å²) < 4.78 is 0. The Morgan fingerprint density at radius 3 is 2.48 bits per heavy atom. The minimum atomic E-state index is -1.04. The third kappa shape index (κ3) is 3.72. The molecule has 0 aliphatic carbocycles. The zero-order valence-electron chi connectivity index (χ0n) is 13.2. The molecule has 3 N–H and O–H groups in total. The van der Waals surface area contributed by atoms with E-state index in [2.05, 4.69) is 5.32 Å². The van der Waals surface area contributed by atoms with Crippen molar-refractivity contribution in [1.29, 1.82) is 0 Å². The summed E-state index contributed by atoms with van der Waals surface area (Å²) >= 11 is 5.96. The van der Waals surface area contributed by atoms with Gasteiger partial charge in [0.15, 0.2) is 0 Å². The molecular weight excluding hydrogens is 344 g/mol. The van der Waals surface area contributed by atoms with Crippen LogP contribution in [0.15, 0.2) is 54.6 Å². The minimum absolute atomic E-state index is 0.301. The fourth-order valence-corrected chi connectivity index (χ4v) is 3.30. The van der Waals surface area contributed by atoms with E-state index >= 15 is 0 Å². The predicted molar refractivity (Wildman–Crippen MR) is 92.4 cm³/mol. The number of carboxylic acids is 1. The van der Waals surface area contributed by atoms with Crippen LogP contribution in [0.25, 0.3) is 0 Å². The van der Waals surface area contributed by atoms with Crippen molar-refractivity contribution in [2.75, 3.05) is 0 Å². The highest BCUT2D eigenvalue weighted by molar-refractivity contribution is 6.30. The highest BCUT2D eigenvalue weighted by Gasteiger charge is 2.51. The van der Waals surface area contributed by atoms with Crippen LogP contribution >= 0.6 is 11.6 Å².